The number of carboxylic acids is 1. The molecule has 5 nitrogen and oxygen atoms in total. The third-order valence-corrected chi connectivity index (χ3v) is 4.78. The smallest absolute Gasteiger partial charge is 0.335 e. The highest BCUT2D eigenvalue weighted by molar-refractivity contribution is 7.98. The molecular weight excluding hydrogens is 393 g/mol. The Balaban J connectivity index is 0.000000326. The second kappa shape index (κ2) is 12.2. The van der Waals surface area contributed by atoms with Crippen LogP contribution in [0.4, 0.5) is 4.39 Å². The minimum atomic E-state index is -0.946. The average Bonchev–Trinajstić information content (AvgIpc) is 2.68. The van der Waals surface area contributed by atoms with Crippen molar-refractivity contribution in [3.8, 4) is 0 Å². The summed E-state index contributed by atoms with van der Waals surface area (Å²) >= 11 is 1.34. The number of hydrogen-bond acceptors (Lipinski definition) is 4. The van der Waals surface area contributed by atoms with Gasteiger partial charge in [0.15, 0.2) is 0 Å². The van der Waals surface area contributed by atoms with Crippen molar-refractivity contribution in [2.45, 2.75) is 44.7 Å². The van der Waals surface area contributed by atoms with Crippen LogP contribution in [0.2, 0.25) is 0 Å². The zero-order valence-corrected chi connectivity index (χ0v) is 17.9. The lowest BCUT2D eigenvalue weighted by Gasteiger charge is -2.15. The first-order valence-electron chi connectivity index (χ1n) is 9.23. The highest BCUT2D eigenvalue weighted by Crippen LogP contribution is 2.20. The second-order valence-electron chi connectivity index (χ2n) is 6.94. The molecule has 0 fully saturated rings. The molecule has 0 bridgehead atoms. The molecule has 1 unspecified atom stereocenters. The molecule has 3 N–H and O–H groups in total. The van der Waals surface area contributed by atoms with Gasteiger partial charge in [0, 0.05) is 11.3 Å². The summed E-state index contributed by atoms with van der Waals surface area (Å²) in [4.78, 5) is 22.9. The van der Waals surface area contributed by atoms with Crippen molar-refractivity contribution in [3.05, 3.63) is 65.0 Å². The van der Waals surface area contributed by atoms with Crippen LogP contribution in [0.1, 0.15) is 54.7 Å². The summed E-state index contributed by atoms with van der Waals surface area (Å²) < 4.78 is 12.8. The van der Waals surface area contributed by atoms with Crippen LogP contribution in [-0.4, -0.2) is 28.3 Å². The molecule has 2 aromatic carbocycles. The molecule has 1 atom stereocenters. The zero-order chi connectivity index (χ0) is 22.0. The SMILES string of the molecule is CC(C)CC(=O)NC(C)c1ccc(C(=O)O)cc1.CSc1cc(CO)ccc1F. The maximum absolute atomic E-state index is 12.8. The molecule has 0 aliphatic carbocycles. The van der Waals surface area contributed by atoms with Gasteiger partial charge < -0.3 is 15.5 Å². The van der Waals surface area contributed by atoms with Gasteiger partial charge in [-0.1, -0.05) is 32.0 Å². The number of benzene rings is 2. The Labute approximate surface area is 175 Å². The summed E-state index contributed by atoms with van der Waals surface area (Å²) in [7, 11) is 0. The lowest BCUT2D eigenvalue weighted by atomic mass is 10.1. The molecule has 1 amide bonds. The predicted octanol–water partition coefficient (Wildman–Crippen LogP) is 4.65. The topological polar surface area (TPSA) is 86.6 Å². The molecular formula is C22H28FNO4S. The van der Waals surface area contributed by atoms with E-state index in [2.05, 4.69) is 5.32 Å². The first kappa shape index (κ1) is 24.7. The summed E-state index contributed by atoms with van der Waals surface area (Å²) in [6.45, 7) is 5.83. The summed E-state index contributed by atoms with van der Waals surface area (Å²) in [6, 6.07) is 11.0. The molecule has 0 spiro atoms. The number of rotatable bonds is 7. The van der Waals surface area contributed by atoms with Gasteiger partial charge in [-0.05, 0) is 54.5 Å². The molecule has 7 heteroatoms. The molecule has 0 saturated heterocycles. The Hall–Kier alpha value is -2.38. The van der Waals surface area contributed by atoms with Crippen LogP contribution in [0.15, 0.2) is 47.4 Å². The van der Waals surface area contributed by atoms with Crippen molar-refractivity contribution < 1.29 is 24.2 Å². The van der Waals surface area contributed by atoms with E-state index in [0.717, 1.165) is 11.1 Å². The van der Waals surface area contributed by atoms with E-state index < -0.39 is 5.97 Å². The van der Waals surface area contributed by atoms with E-state index in [4.69, 9.17) is 10.2 Å². The van der Waals surface area contributed by atoms with Gasteiger partial charge in [-0.3, -0.25) is 4.79 Å². The summed E-state index contributed by atoms with van der Waals surface area (Å²) in [6.07, 6.45) is 2.30. The minimum Gasteiger partial charge on any atom is -0.478 e. The number of carbonyl (C=O) groups excluding carboxylic acids is 1. The van der Waals surface area contributed by atoms with Gasteiger partial charge in [0.25, 0.3) is 0 Å². The average molecular weight is 422 g/mol. The molecule has 0 heterocycles. The van der Waals surface area contributed by atoms with E-state index in [-0.39, 0.29) is 29.9 Å². The highest BCUT2D eigenvalue weighted by atomic mass is 32.2. The van der Waals surface area contributed by atoms with Crippen molar-refractivity contribution in [1.29, 1.82) is 0 Å². The summed E-state index contributed by atoms with van der Waals surface area (Å²) in [5.41, 5.74) is 1.90. The first-order valence-corrected chi connectivity index (χ1v) is 10.5. The van der Waals surface area contributed by atoms with E-state index in [9.17, 15) is 14.0 Å². The van der Waals surface area contributed by atoms with Gasteiger partial charge >= 0.3 is 5.97 Å². The van der Waals surface area contributed by atoms with E-state index in [0.29, 0.717) is 17.2 Å². The standard InChI is InChI=1S/C14H19NO3.C8H9FOS/c1-9(2)8-13(16)15-10(3)11-4-6-12(7-5-11)14(17)18;1-11-8-4-6(5-10)2-3-7(8)9/h4-7,9-10H,8H2,1-3H3,(H,15,16)(H,17,18);2-4,10H,5H2,1H3. The predicted molar refractivity (Wildman–Crippen MR) is 114 cm³/mol. The Kier molecular flexibility index (Phi) is 10.4. The zero-order valence-electron chi connectivity index (χ0n) is 17.1. The summed E-state index contributed by atoms with van der Waals surface area (Å²) in [5.74, 6) is -0.834. The van der Waals surface area contributed by atoms with Crippen LogP contribution in [0.25, 0.3) is 0 Å². The molecule has 2 aromatic rings. The van der Waals surface area contributed by atoms with Crippen LogP contribution < -0.4 is 5.32 Å². The Morgan fingerprint density at radius 3 is 2.21 bits per heavy atom. The number of carbonyl (C=O) groups is 2. The molecule has 0 aliphatic heterocycles. The van der Waals surface area contributed by atoms with Crippen molar-refractivity contribution in [3.63, 3.8) is 0 Å². The number of aliphatic hydroxyl groups is 1. The Morgan fingerprint density at radius 2 is 1.72 bits per heavy atom. The van der Waals surface area contributed by atoms with Crippen LogP contribution in [0.3, 0.4) is 0 Å². The van der Waals surface area contributed by atoms with Crippen LogP contribution in [-0.2, 0) is 11.4 Å². The lowest BCUT2D eigenvalue weighted by Crippen LogP contribution is -2.27. The normalized spacial score (nSPS) is 11.4. The van der Waals surface area contributed by atoms with E-state index in [1.165, 1.54) is 17.8 Å². The van der Waals surface area contributed by atoms with E-state index in [1.54, 1.807) is 42.7 Å². The third-order valence-electron chi connectivity index (χ3n) is 4.03. The van der Waals surface area contributed by atoms with Gasteiger partial charge in [-0.25, -0.2) is 9.18 Å². The van der Waals surface area contributed by atoms with E-state index in [1.807, 2.05) is 20.8 Å². The number of carboxylic acid groups (broad SMARTS) is 1. The highest BCUT2D eigenvalue weighted by Gasteiger charge is 2.11. The van der Waals surface area contributed by atoms with Crippen LogP contribution in [0.5, 0.6) is 0 Å². The number of nitrogens with one attached hydrogen (secondary N) is 1. The summed E-state index contributed by atoms with van der Waals surface area (Å²) in [5, 5.41) is 20.4. The fourth-order valence-electron chi connectivity index (χ4n) is 2.47. The largest absolute Gasteiger partial charge is 0.478 e. The molecule has 0 saturated carbocycles. The number of aromatic carboxylic acids is 1. The van der Waals surface area contributed by atoms with Crippen molar-refractivity contribution >= 4 is 23.6 Å². The van der Waals surface area contributed by atoms with Gasteiger partial charge in [0.1, 0.15) is 5.82 Å². The van der Waals surface area contributed by atoms with Crippen molar-refractivity contribution in [2.75, 3.05) is 6.26 Å². The second-order valence-corrected chi connectivity index (χ2v) is 7.79. The van der Waals surface area contributed by atoms with Crippen molar-refractivity contribution in [1.82, 2.24) is 5.32 Å². The van der Waals surface area contributed by atoms with E-state index >= 15 is 0 Å². The van der Waals surface area contributed by atoms with Gasteiger partial charge in [-0.15, -0.1) is 11.8 Å². The number of hydrogen-bond donors (Lipinski definition) is 3. The van der Waals surface area contributed by atoms with Gasteiger partial charge in [0.05, 0.1) is 18.2 Å². The molecule has 0 aliphatic rings. The Morgan fingerprint density at radius 1 is 1.10 bits per heavy atom. The van der Waals surface area contributed by atoms with Gasteiger partial charge in [0.2, 0.25) is 5.91 Å². The number of halogens is 1. The molecule has 29 heavy (non-hydrogen) atoms. The fraction of sp³-hybridized carbons (Fsp3) is 0.364. The first-order chi connectivity index (χ1) is 13.7. The maximum atomic E-state index is 12.8. The minimum absolute atomic E-state index is 0.0137. The molecule has 2 rings (SSSR count). The van der Waals surface area contributed by atoms with Crippen molar-refractivity contribution in [2.24, 2.45) is 5.92 Å². The molecule has 0 radical (unpaired) electrons. The molecule has 0 aromatic heterocycles. The Bertz CT molecular complexity index is 809. The third kappa shape index (κ3) is 8.66. The number of amides is 1. The quantitative estimate of drug-likeness (QED) is 0.567. The maximum Gasteiger partial charge on any atom is 0.335 e. The lowest BCUT2D eigenvalue weighted by molar-refractivity contribution is -0.122. The number of aliphatic hydroxyl groups excluding tert-OH is 1. The van der Waals surface area contributed by atoms with Crippen LogP contribution >= 0.6 is 11.8 Å². The van der Waals surface area contributed by atoms with Crippen LogP contribution in [0, 0.1) is 11.7 Å². The number of thioether (sulfide) groups is 1. The monoisotopic (exact) mass is 421 g/mol. The van der Waals surface area contributed by atoms with Gasteiger partial charge in [-0.2, -0.15) is 0 Å². The fourth-order valence-corrected chi connectivity index (χ4v) is 3.00. The molecule has 158 valence electrons.